The van der Waals surface area contributed by atoms with E-state index in [4.69, 9.17) is 0 Å². The molecule has 0 radical (unpaired) electrons. The summed E-state index contributed by atoms with van der Waals surface area (Å²) < 4.78 is 46.9. The molecule has 0 bridgehead atoms. The third kappa shape index (κ3) is 2.70. The first-order chi connectivity index (χ1) is 8.39. The lowest BCUT2D eigenvalue weighted by Crippen LogP contribution is -2.42. The van der Waals surface area contributed by atoms with Gasteiger partial charge in [-0.1, -0.05) is 0 Å². The van der Waals surface area contributed by atoms with Crippen LogP contribution in [0, 0.1) is 5.92 Å². The van der Waals surface area contributed by atoms with Gasteiger partial charge in [0.25, 0.3) is 0 Å². The van der Waals surface area contributed by atoms with Crippen molar-refractivity contribution in [3.05, 3.63) is 18.3 Å². The smallest absolute Gasteiger partial charge is 0.249 e. The lowest BCUT2D eigenvalue weighted by atomic mass is 9.81. The van der Waals surface area contributed by atoms with E-state index in [1.165, 1.54) is 18.3 Å². The van der Waals surface area contributed by atoms with E-state index in [2.05, 4.69) is 10.3 Å². The fourth-order valence-electron chi connectivity index (χ4n) is 1.70. The van der Waals surface area contributed by atoms with Gasteiger partial charge in [0.2, 0.25) is 11.8 Å². The van der Waals surface area contributed by atoms with Crippen LogP contribution in [-0.4, -0.2) is 25.6 Å². The molecular formula is C10H9F2N2O3S-. The van der Waals surface area contributed by atoms with Gasteiger partial charge < -0.3 is 9.87 Å². The zero-order chi connectivity index (χ0) is 13.3. The molecule has 1 saturated carbocycles. The number of pyridine rings is 1. The summed E-state index contributed by atoms with van der Waals surface area (Å²) in [7, 11) is 0. The molecular weight excluding hydrogens is 266 g/mol. The predicted molar refractivity (Wildman–Crippen MR) is 57.7 cm³/mol. The van der Waals surface area contributed by atoms with E-state index in [0.29, 0.717) is 0 Å². The highest BCUT2D eigenvalue weighted by atomic mass is 32.2. The zero-order valence-corrected chi connectivity index (χ0v) is 9.88. The van der Waals surface area contributed by atoms with Crippen molar-refractivity contribution in [1.82, 2.24) is 4.98 Å². The molecule has 8 heteroatoms. The van der Waals surface area contributed by atoms with E-state index in [-0.39, 0.29) is 10.7 Å². The molecule has 1 aromatic rings. The number of nitrogens with one attached hydrogen (secondary N) is 1. The second-order valence-corrected chi connectivity index (χ2v) is 4.90. The molecule has 5 nitrogen and oxygen atoms in total. The maximum absolute atomic E-state index is 12.6. The van der Waals surface area contributed by atoms with Gasteiger partial charge in [-0.2, -0.15) is 0 Å². The maximum Gasteiger partial charge on any atom is 0.249 e. The van der Waals surface area contributed by atoms with Crippen LogP contribution in [0.2, 0.25) is 0 Å². The standard InChI is InChI=1S/C10H10F2N2O3S/c11-10(12)4-6(5-10)8(15)14-7-2-1-3-13-9(7)18(16)17/h1-3,6H,4-5H2,(H,14,15)(H,16,17)/p-1. The predicted octanol–water partition coefficient (Wildman–Crippen LogP) is 1.30. The summed E-state index contributed by atoms with van der Waals surface area (Å²) in [5.74, 6) is -4.19. The number of halogens is 2. The second-order valence-electron chi connectivity index (χ2n) is 4.04. The summed E-state index contributed by atoms with van der Waals surface area (Å²) in [5.41, 5.74) is 0.00560. The fraction of sp³-hybridized carbons (Fsp3) is 0.400. The molecule has 2 rings (SSSR count). The third-order valence-electron chi connectivity index (χ3n) is 2.65. The summed E-state index contributed by atoms with van der Waals surface area (Å²) in [6.07, 6.45) is 0.252. The minimum atomic E-state index is -2.79. The van der Waals surface area contributed by atoms with E-state index in [9.17, 15) is 22.3 Å². The van der Waals surface area contributed by atoms with Crippen molar-refractivity contribution in [2.45, 2.75) is 23.8 Å². The normalized spacial score (nSPS) is 19.9. The SMILES string of the molecule is O=C(Nc1cccnc1S(=O)[O-])C1CC(F)(F)C1. The van der Waals surface area contributed by atoms with Crippen molar-refractivity contribution in [3.8, 4) is 0 Å². The van der Waals surface area contributed by atoms with Crippen molar-refractivity contribution in [2.75, 3.05) is 5.32 Å². The highest BCUT2D eigenvalue weighted by Crippen LogP contribution is 2.42. The number of hydrogen-bond donors (Lipinski definition) is 1. The van der Waals surface area contributed by atoms with Crippen LogP contribution >= 0.6 is 0 Å². The Morgan fingerprint density at radius 1 is 1.56 bits per heavy atom. The van der Waals surface area contributed by atoms with Gasteiger partial charge in [0.05, 0.1) is 5.69 Å². The molecule has 1 N–H and O–H groups in total. The van der Waals surface area contributed by atoms with Crippen LogP contribution in [0.4, 0.5) is 14.5 Å². The molecule has 1 atom stereocenters. The molecule has 0 aromatic carbocycles. The van der Waals surface area contributed by atoms with Crippen LogP contribution < -0.4 is 5.32 Å². The van der Waals surface area contributed by atoms with Crippen LogP contribution in [0.25, 0.3) is 0 Å². The van der Waals surface area contributed by atoms with Crippen molar-refractivity contribution in [1.29, 1.82) is 0 Å². The van der Waals surface area contributed by atoms with Gasteiger partial charge in [-0.05, 0) is 23.2 Å². The van der Waals surface area contributed by atoms with Crippen molar-refractivity contribution in [3.63, 3.8) is 0 Å². The first kappa shape index (κ1) is 13.0. The average molecular weight is 275 g/mol. The number of rotatable bonds is 3. The van der Waals surface area contributed by atoms with Gasteiger partial charge in [0.15, 0.2) is 0 Å². The quantitative estimate of drug-likeness (QED) is 0.843. The van der Waals surface area contributed by atoms with Crippen LogP contribution in [0.1, 0.15) is 12.8 Å². The Morgan fingerprint density at radius 2 is 2.22 bits per heavy atom. The van der Waals surface area contributed by atoms with Crippen LogP contribution in [0.3, 0.4) is 0 Å². The number of carbonyl (C=O) groups is 1. The monoisotopic (exact) mass is 275 g/mol. The number of alkyl halides is 2. The molecule has 1 aliphatic carbocycles. The molecule has 1 aromatic heterocycles. The third-order valence-corrected chi connectivity index (χ3v) is 3.29. The number of amides is 1. The molecule has 0 aliphatic heterocycles. The Morgan fingerprint density at radius 3 is 2.78 bits per heavy atom. The lowest BCUT2D eigenvalue weighted by molar-refractivity contribution is -0.145. The van der Waals surface area contributed by atoms with E-state index >= 15 is 0 Å². The highest BCUT2D eigenvalue weighted by Gasteiger charge is 2.48. The van der Waals surface area contributed by atoms with Gasteiger partial charge in [-0.3, -0.25) is 9.00 Å². The van der Waals surface area contributed by atoms with Crippen molar-refractivity contribution in [2.24, 2.45) is 5.92 Å². The average Bonchev–Trinajstić information content (AvgIpc) is 2.26. The molecule has 18 heavy (non-hydrogen) atoms. The number of hydrogen-bond acceptors (Lipinski definition) is 4. The number of carbonyl (C=O) groups excluding carboxylic acids is 1. The Balaban J connectivity index is 2.06. The molecule has 1 heterocycles. The number of anilines is 1. The van der Waals surface area contributed by atoms with E-state index < -0.39 is 41.7 Å². The van der Waals surface area contributed by atoms with Crippen molar-refractivity contribution < 1.29 is 22.3 Å². The molecule has 98 valence electrons. The van der Waals surface area contributed by atoms with Crippen LogP contribution in [-0.2, 0) is 15.9 Å². The topological polar surface area (TPSA) is 82.1 Å². The molecule has 1 amide bonds. The minimum Gasteiger partial charge on any atom is -0.767 e. The Kier molecular flexibility index (Phi) is 3.40. The summed E-state index contributed by atoms with van der Waals surface area (Å²) in [5, 5.41) is 2.00. The summed E-state index contributed by atoms with van der Waals surface area (Å²) in [6.45, 7) is 0. The largest absolute Gasteiger partial charge is 0.767 e. The highest BCUT2D eigenvalue weighted by molar-refractivity contribution is 7.79. The Labute approximate surface area is 104 Å². The summed E-state index contributed by atoms with van der Waals surface area (Å²) in [6, 6.07) is 2.80. The number of aromatic nitrogens is 1. The summed E-state index contributed by atoms with van der Waals surface area (Å²) >= 11 is -2.59. The molecule has 1 aliphatic rings. The van der Waals surface area contributed by atoms with Gasteiger partial charge >= 0.3 is 0 Å². The van der Waals surface area contributed by atoms with Crippen molar-refractivity contribution >= 4 is 22.7 Å². The zero-order valence-electron chi connectivity index (χ0n) is 9.06. The van der Waals surface area contributed by atoms with E-state index in [1.807, 2.05) is 0 Å². The minimum absolute atomic E-state index is 0.00560. The van der Waals surface area contributed by atoms with E-state index in [1.54, 1.807) is 0 Å². The second kappa shape index (κ2) is 4.69. The number of nitrogens with zero attached hydrogens (tertiary/aromatic N) is 1. The Hall–Kier alpha value is -1.41. The van der Waals surface area contributed by atoms with Gasteiger partial charge in [0, 0.05) is 25.0 Å². The van der Waals surface area contributed by atoms with Gasteiger partial charge in [-0.25, -0.2) is 13.8 Å². The van der Waals surface area contributed by atoms with Crippen LogP contribution in [0.5, 0.6) is 0 Å². The summed E-state index contributed by atoms with van der Waals surface area (Å²) in [4.78, 5) is 15.2. The molecule has 0 saturated heterocycles. The molecule has 1 unspecified atom stereocenters. The van der Waals surface area contributed by atoms with Crippen LogP contribution in [0.15, 0.2) is 23.4 Å². The van der Waals surface area contributed by atoms with E-state index in [0.717, 1.165) is 0 Å². The first-order valence-corrected chi connectivity index (χ1v) is 6.19. The fourth-order valence-corrected chi connectivity index (χ4v) is 2.15. The lowest BCUT2D eigenvalue weighted by Gasteiger charge is -2.33. The van der Waals surface area contributed by atoms with Gasteiger partial charge in [0.1, 0.15) is 5.03 Å². The van der Waals surface area contributed by atoms with Gasteiger partial charge in [-0.15, -0.1) is 0 Å². The molecule has 1 fully saturated rings. The maximum atomic E-state index is 12.6. The Bertz CT molecular complexity index is 502. The molecule has 0 spiro atoms. The first-order valence-electron chi connectivity index (χ1n) is 5.12.